The maximum atomic E-state index is 14.8. The van der Waals surface area contributed by atoms with Crippen molar-refractivity contribution < 1.29 is 13.6 Å². The highest BCUT2D eigenvalue weighted by Gasteiger charge is 2.18. The number of H-pyrrole nitrogens is 1. The minimum atomic E-state index is -0.997. The van der Waals surface area contributed by atoms with Crippen LogP contribution in [0.4, 0.5) is 8.78 Å². The molecule has 0 saturated carbocycles. The van der Waals surface area contributed by atoms with Crippen LogP contribution in [0.1, 0.15) is 17.5 Å². The van der Waals surface area contributed by atoms with E-state index in [1.807, 2.05) is 6.07 Å². The zero-order chi connectivity index (χ0) is 20.4. The topological polar surface area (TPSA) is 85.8 Å². The maximum absolute atomic E-state index is 14.8. The average molecular weight is 402 g/mol. The summed E-state index contributed by atoms with van der Waals surface area (Å²) >= 11 is 6.15. The average Bonchev–Trinajstić information content (AvgIpc) is 2.67. The number of hydrogen-bond acceptors (Lipinski definition) is 3. The van der Waals surface area contributed by atoms with E-state index < -0.39 is 17.1 Å². The first-order valence-corrected chi connectivity index (χ1v) is 8.68. The second-order valence-corrected chi connectivity index (χ2v) is 6.51. The third-order valence-corrected chi connectivity index (χ3v) is 4.70. The highest BCUT2D eigenvalue weighted by Crippen LogP contribution is 2.29. The van der Waals surface area contributed by atoms with E-state index in [1.54, 1.807) is 0 Å². The number of fused-ring (bicyclic) bond motifs is 1. The quantitative estimate of drug-likeness (QED) is 0.699. The van der Waals surface area contributed by atoms with E-state index in [4.69, 9.17) is 16.9 Å². The van der Waals surface area contributed by atoms with Gasteiger partial charge in [0.25, 0.3) is 0 Å². The summed E-state index contributed by atoms with van der Waals surface area (Å²) in [6.45, 7) is 0. The van der Waals surface area contributed by atoms with E-state index in [0.29, 0.717) is 11.1 Å². The predicted molar refractivity (Wildman–Crippen MR) is 102 cm³/mol. The molecular formula is C20H14ClF2N3O2. The number of nitrogens with zero attached hydrogens (tertiary/aromatic N) is 1. The van der Waals surface area contributed by atoms with Crippen molar-refractivity contribution in [1.82, 2.24) is 10.3 Å². The summed E-state index contributed by atoms with van der Waals surface area (Å²) < 4.78 is 29.3. The van der Waals surface area contributed by atoms with Gasteiger partial charge >= 0.3 is 0 Å². The molecule has 2 N–H and O–H groups in total. The van der Waals surface area contributed by atoms with Gasteiger partial charge in [-0.15, -0.1) is 0 Å². The Hall–Kier alpha value is -3.24. The van der Waals surface area contributed by atoms with Gasteiger partial charge in [-0.1, -0.05) is 11.6 Å². The van der Waals surface area contributed by atoms with Crippen molar-refractivity contribution >= 4 is 28.4 Å². The lowest BCUT2D eigenvalue weighted by Crippen LogP contribution is -2.19. The normalized spacial score (nSPS) is 10.7. The van der Waals surface area contributed by atoms with E-state index in [2.05, 4.69) is 10.3 Å². The standard InChI is InChI=1S/C20H14ClF2N3O2/c1-25-18(28)5-3-11-14(22)7-16-19(20(11)23)17(27)8-15(26-16)12-6-10(9-24)2-4-13(12)21/h2,4,6-8H,3,5H2,1H3,(H,25,28)(H,26,27). The van der Waals surface area contributed by atoms with E-state index in [9.17, 15) is 18.4 Å². The smallest absolute Gasteiger partial charge is 0.220 e. The summed E-state index contributed by atoms with van der Waals surface area (Å²) in [7, 11) is 1.42. The summed E-state index contributed by atoms with van der Waals surface area (Å²) in [5, 5.41) is 11.4. The molecule has 2 aromatic carbocycles. The maximum Gasteiger partial charge on any atom is 0.220 e. The van der Waals surface area contributed by atoms with E-state index in [1.165, 1.54) is 25.2 Å². The van der Waals surface area contributed by atoms with Crippen molar-refractivity contribution in [2.24, 2.45) is 0 Å². The Labute approximate surface area is 163 Å². The Morgan fingerprint density at radius 3 is 2.71 bits per heavy atom. The molecule has 0 radical (unpaired) electrons. The van der Waals surface area contributed by atoms with Crippen LogP contribution in [0.15, 0.2) is 35.1 Å². The Morgan fingerprint density at radius 1 is 1.29 bits per heavy atom. The molecular weight excluding hydrogens is 388 g/mol. The fourth-order valence-electron chi connectivity index (χ4n) is 2.92. The number of hydrogen-bond donors (Lipinski definition) is 2. The number of nitrogens with one attached hydrogen (secondary N) is 2. The van der Waals surface area contributed by atoms with Gasteiger partial charge in [-0.3, -0.25) is 9.59 Å². The van der Waals surface area contributed by atoms with Crippen LogP contribution in [0.2, 0.25) is 5.02 Å². The predicted octanol–water partition coefficient (Wildman–Crippen LogP) is 3.68. The van der Waals surface area contributed by atoms with E-state index >= 15 is 0 Å². The number of rotatable bonds is 4. The molecule has 5 nitrogen and oxygen atoms in total. The molecule has 8 heteroatoms. The van der Waals surface area contributed by atoms with Crippen molar-refractivity contribution in [3.63, 3.8) is 0 Å². The first-order valence-electron chi connectivity index (χ1n) is 8.30. The number of amides is 1. The fraction of sp³-hybridized carbons (Fsp3) is 0.150. The van der Waals surface area contributed by atoms with Gasteiger partial charge in [-0.2, -0.15) is 5.26 Å². The number of carbonyl (C=O) groups excluding carboxylic acids is 1. The molecule has 1 heterocycles. The number of pyridine rings is 1. The molecule has 0 aliphatic heterocycles. The number of aromatic nitrogens is 1. The van der Waals surface area contributed by atoms with Crippen LogP contribution in [-0.2, 0) is 11.2 Å². The van der Waals surface area contributed by atoms with Gasteiger partial charge in [0.2, 0.25) is 5.91 Å². The largest absolute Gasteiger partial charge is 0.359 e. The Kier molecular flexibility index (Phi) is 5.43. The van der Waals surface area contributed by atoms with Gasteiger partial charge in [0.05, 0.1) is 28.2 Å². The van der Waals surface area contributed by atoms with Gasteiger partial charge in [0, 0.05) is 35.7 Å². The molecule has 1 aromatic heterocycles. The second-order valence-electron chi connectivity index (χ2n) is 6.10. The molecule has 1 amide bonds. The second kappa shape index (κ2) is 7.79. The third kappa shape index (κ3) is 3.59. The molecule has 0 unspecified atom stereocenters. The van der Waals surface area contributed by atoms with Gasteiger partial charge < -0.3 is 10.3 Å². The molecule has 0 spiro atoms. The molecule has 3 rings (SSSR count). The summed E-state index contributed by atoms with van der Waals surface area (Å²) in [4.78, 5) is 26.7. The summed E-state index contributed by atoms with van der Waals surface area (Å²) in [5.41, 5.74) is -0.109. The minimum Gasteiger partial charge on any atom is -0.359 e. The van der Waals surface area contributed by atoms with Crippen molar-refractivity contribution in [1.29, 1.82) is 5.26 Å². The summed E-state index contributed by atoms with van der Waals surface area (Å²) in [5.74, 6) is -2.22. The lowest BCUT2D eigenvalue weighted by atomic mass is 10.0. The van der Waals surface area contributed by atoms with Crippen molar-refractivity contribution in [2.45, 2.75) is 12.8 Å². The van der Waals surface area contributed by atoms with Gasteiger partial charge in [-0.25, -0.2) is 8.78 Å². The molecule has 0 bridgehead atoms. The molecule has 3 aromatic rings. The van der Waals surface area contributed by atoms with Crippen molar-refractivity contribution in [3.8, 4) is 17.3 Å². The van der Waals surface area contributed by atoms with Crippen LogP contribution < -0.4 is 10.7 Å². The molecule has 28 heavy (non-hydrogen) atoms. The van der Waals surface area contributed by atoms with Crippen molar-refractivity contribution in [3.05, 3.63) is 68.3 Å². The number of halogens is 3. The molecule has 0 aliphatic rings. The Balaban J connectivity index is 2.17. The number of nitriles is 1. The van der Waals surface area contributed by atoms with E-state index in [0.717, 1.165) is 12.1 Å². The Morgan fingerprint density at radius 2 is 2.04 bits per heavy atom. The number of benzene rings is 2. The van der Waals surface area contributed by atoms with Crippen molar-refractivity contribution in [2.75, 3.05) is 7.05 Å². The number of carbonyl (C=O) groups is 1. The first-order chi connectivity index (χ1) is 13.3. The molecule has 0 saturated heterocycles. The third-order valence-electron chi connectivity index (χ3n) is 4.37. The lowest BCUT2D eigenvalue weighted by molar-refractivity contribution is -0.120. The Bertz CT molecular complexity index is 1200. The van der Waals surface area contributed by atoms with Gasteiger partial charge in [-0.05, 0) is 30.7 Å². The van der Waals surface area contributed by atoms with Crippen LogP contribution in [-0.4, -0.2) is 17.9 Å². The summed E-state index contributed by atoms with van der Waals surface area (Å²) in [6, 6.07) is 8.63. The SMILES string of the molecule is CNC(=O)CCc1c(F)cc2[nH]c(-c3cc(C#N)ccc3Cl)cc(=O)c2c1F. The lowest BCUT2D eigenvalue weighted by Gasteiger charge is -2.11. The number of aromatic amines is 1. The molecule has 142 valence electrons. The molecule has 0 fully saturated rings. The highest BCUT2D eigenvalue weighted by molar-refractivity contribution is 6.33. The van der Waals surface area contributed by atoms with Crippen LogP contribution in [0.25, 0.3) is 22.2 Å². The van der Waals surface area contributed by atoms with E-state index in [-0.39, 0.29) is 45.9 Å². The monoisotopic (exact) mass is 401 g/mol. The molecule has 0 aliphatic carbocycles. The van der Waals surface area contributed by atoms with Gasteiger partial charge in [0.15, 0.2) is 5.43 Å². The van der Waals surface area contributed by atoms with Crippen LogP contribution in [0, 0.1) is 23.0 Å². The van der Waals surface area contributed by atoms with Crippen LogP contribution >= 0.6 is 11.6 Å². The van der Waals surface area contributed by atoms with Crippen LogP contribution in [0.3, 0.4) is 0 Å². The zero-order valence-electron chi connectivity index (χ0n) is 14.7. The summed E-state index contributed by atoms with van der Waals surface area (Å²) in [6.07, 6.45) is -0.285. The first kappa shape index (κ1) is 19.5. The molecule has 0 atom stereocenters. The van der Waals surface area contributed by atoms with Crippen LogP contribution in [0.5, 0.6) is 0 Å². The highest BCUT2D eigenvalue weighted by atomic mass is 35.5. The fourth-order valence-corrected chi connectivity index (χ4v) is 3.14. The minimum absolute atomic E-state index is 0.0420. The zero-order valence-corrected chi connectivity index (χ0v) is 15.5. The van der Waals surface area contributed by atoms with Gasteiger partial charge in [0.1, 0.15) is 11.6 Å².